The number of hydrogen-bond donors (Lipinski definition) is 2. The number of nitrogens with one attached hydrogen (secondary N) is 2. The fraction of sp³-hybridized carbons (Fsp3) is 0.133. The Bertz CT molecular complexity index is 1310. The molecule has 0 heterocycles. The van der Waals surface area contributed by atoms with E-state index >= 15 is 0 Å². The monoisotopic (exact) mass is 480 g/mol. The lowest BCUT2D eigenvalue weighted by Crippen LogP contribution is -2.19. The van der Waals surface area contributed by atoms with Crippen molar-refractivity contribution in [3.63, 3.8) is 0 Å². The van der Waals surface area contributed by atoms with Crippen LogP contribution in [0.3, 0.4) is 0 Å². The van der Waals surface area contributed by atoms with Crippen LogP contribution in [0.25, 0.3) is 0 Å². The summed E-state index contributed by atoms with van der Waals surface area (Å²) in [6.45, 7) is 4.00. The number of hydrogen-bond acceptors (Lipinski definition) is 3. The zero-order chi connectivity index (χ0) is 24.6. The van der Waals surface area contributed by atoms with Crippen molar-refractivity contribution in [2.45, 2.75) is 30.4 Å². The van der Waals surface area contributed by atoms with Gasteiger partial charge in [-0.15, -0.1) is 11.8 Å². The fourth-order valence-electron chi connectivity index (χ4n) is 3.74. The average molecular weight is 481 g/mol. The van der Waals surface area contributed by atoms with Crippen LogP contribution in [0.1, 0.15) is 27.5 Å². The molecule has 4 rings (SSSR count). The quantitative estimate of drug-likeness (QED) is 0.268. The van der Waals surface area contributed by atoms with Crippen molar-refractivity contribution in [1.82, 2.24) is 0 Å². The molecule has 0 aliphatic rings. The summed E-state index contributed by atoms with van der Waals surface area (Å²) in [5.41, 5.74) is 5.51. The van der Waals surface area contributed by atoms with Crippen LogP contribution in [0, 0.1) is 13.8 Å². The number of anilines is 2. The maximum atomic E-state index is 13.4. The minimum Gasteiger partial charge on any atom is -0.326 e. The molecule has 4 aromatic rings. The molecule has 2 N–H and O–H groups in total. The predicted molar refractivity (Wildman–Crippen MR) is 145 cm³/mol. The first-order valence-electron chi connectivity index (χ1n) is 11.5. The molecular weight excluding hydrogens is 452 g/mol. The van der Waals surface area contributed by atoms with E-state index < -0.39 is 5.25 Å². The Morgan fingerprint density at radius 2 is 1.49 bits per heavy atom. The Labute approximate surface area is 210 Å². The van der Waals surface area contributed by atoms with Gasteiger partial charge in [-0.3, -0.25) is 9.59 Å². The van der Waals surface area contributed by atoms with Crippen molar-refractivity contribution in [2.75, 3.05) is 10.6 Å². The Balaban J connectivity index is 1.52. The number of carbonyl (C=O) groups is 2. The molecule has 4 nitrogen and oxygen atoms in total. The highest BCUT2D eigenvalue weighted by molar-refractivity contribution is 8.00. The number of amides is 2. The van der Waals surface area contributed by atoms with E-state index in [1.807, 2.05) is 117 Å². The van der Waals surface area contributed by atoms with Gasteiger partial charge in [-0.25, -0.2) is 0 Å². The lowest BCUT2D eigenvalue weighted by Gasteiger charge is -2.19. The Kier molecular flexibility index (Phi) is 8.01. The smallest absolute Gasteiger partial charge is 0.242 e. The van der Waals surface area contributed by atoms with Crippen LogP contribution < -0.4 is 10.6 Å². The highest BCUT2D eigenvalue weighted by atomic mass is 32.2. The summed E-state index contributed by atoms with van der Waals surface area (Å²) in [6.07, 6.45) is 0.309. The van der Waals surface area contributed by atoms with E-state index in [4.69, 9.17) is 0 Å². The van der Waals surface area contributed by atoms with Gasteiger partial charge < -0.3 is 10.6 Å². The molecule has 0 aromatic heterocycles. The summed E-state index contributed by atoms with van der Waals surface area (Å²) in [7, 11) is 0. The molecule has 0 saturated carbocycles. The summed E-state index contributed by atoms with van der Waals surface area (Å²) in [6, 6.07) is 33.1. The first-order valence-corrected chi connectivity index (χ1v) is 12.4. The second-order valence-electron chi connectivity index (χ2n) is 8.45. The summed E-state index contributed by atoms with van der Waals surface area (Å²) >= 11 is 1.46. The van der Waals surface area contributed by atoms with Crippen molar-refractivity contribution < 1.29 is 9.59 Å². The summed E-state index contributed by atoms with van der Waals surface area (Å²) in [5.74, 6) is -0.168. The van der Waals surface area contributed by atoms with E-state index in [1.54, 1.807) is 0 Å². The number of carbonyl (C=O) groups excluding carboxylic acids is 2. The van der Waals surface area contributed by atoms with Crippen LogP contribution >= 0.6 is 11.8 Å². The normalized spacial score (nSPS) is 11.5. The van der Waals surface area contributed by atoms with Gasteiger partial charge in [-0.05, 0) is 60.4 Å². The van der Waals surface area contributed by atoms with Gasteiger partial charge in [-0.1, -0.05) is 78.9 Å². The zero-order valence-electron chi connectivity index (χ0n) is 19.8. The van der Waals surface area contributed by atoms with Crippen LogP contribution in [0.2, 0.25) is 0 Å². The highest BCUT2D eigenvalue weighted by Gasteiger charge is 2.23. The van der Waals surface area contributed by atoms with E-state index in [0.29, 0.717) is 12.1 Å². The van der Waals surface area contributed by atoms with Crippen molar-refractivity contribution >= 4 is 35.0 Å². The van der Waals surface area contributed by atoms with Gasteiger partial charge >= 0.3 is 0 Å². The Hall–Kier alpha value is -3.83. The molecule has 0 aliphatic heterocycles. The third kappa shape index (κ3) is 6.84. The van der Waals surface area contributed by atoms with E-state index in [2.05, 4.69) is 10.6 Å². The predicted octanol–water partition coefficient (Wildman–Crippen LogP) is 6.96. The second-order valence-corrected chi connectivity index (χ2v) is 9.63. The van der Waals surface area contributed by atoms with E-state index in [0.717, 1.165) is 32.8 Å². The van der Waals surface area contributed by atoms with Gasteiger partial charge in [0.15, 0.2) is 0 Å². The van der Waals surface area contributed by atoms with E-state index in [1.165, 1.54) is 11.8 Å². The van der Waals surface area contributed by atoms with Crippen molar-refractivity contribution in [2.24, 2.45) is 0 Å². The van der Waals surface area contributed by atoms with E-state index in [9.17, 15) is 9.59 Å². The van der Waals surface area contributed by atoms with Gasteiger partial charge in [0.2, 0.25) is 11.8 Å². The van der Waals surface area contributed by atoms with Crippen LogP contribution in [-0.4, -0.2) is 11.8 Å². The molecule has 35 heavy (non-hydrogen) atoms. The number of rotatable bonds is 8. The topological polar surface area (TPSA) is 58.2 Å². The largest absolute Gasteiger partial charge is 0.326 e. The SMILES string of the molecule is Cc1ccc(C)c(NC(=O)C(Sc2cccc(NC(=O)Cc3ccccc3)c2)c2ccccc2)c1. The van der Waals surface area contributed by atoms with Crippen LogP contribution in [0.4, 0.5) is 11.4 Å². The molecule has 1 unspecified atom stereocenters. The number of aryl methyl sites for hydroxylation is 2. The molecule has 0 saturated heterocycles. The number of benzene rings is 4. The van der Waals surface area contributed by atoms with Gasteiger partial charge in [0.1, 0.15) is 5.25 Å². The summed E-state index contributed by atoms with van der Waals surface area (Å²) in [5, 5.41) is 5.64. The Morgan fingerprint density at radius 1 is 0.771 bits per heavy atom. The molecule has 176 valence electrons. The second kappa shape index (κ2) is 11.5. The lowest BCUT2D eigenvalue weighted by atomic mass is 10.1. The molecule has 5 heteroatoms. The van der Waals surface area contributed by atoms with E-state index in [-0.39, 0.29) is 11.8 Å². The first-order chi connectivity index (χ1) is 17.0. The molecule has 0 fully saturated rings. The maximum Gasteiger partial charge on any atom is 0.242 e. The van der Waals surface area contributed by atoms with Crippen LogP contribution in [0.5, 0.6) is 0 Å². The van der Waals surface area contributed by atoms with Crippen molar-refractivity contribution in [3.8, 4) is 0 Å². The molecule has 0 spiro atoms. The molecule has 0 radical (unpaired) electrons. The molecular formula is C30H28N2O2S. The summed E-state index contributed by atoms with van der Waals surface area (Å²) < 4.78 is 0. The minimum absolute atomic E-state index is 0.0781. The van der Waals surface area contributed by atoms with Crippen LogP contribution in [-0.2, 0) is 16.0 Å². The van der Waals surface area contributed by atoms with Gasteiger partial charge in [0, 0.05) is 16.3 Å². The lowest BCUT2D eigenvalue weighted by molar-refractivity contribution is -0.116. The zero-order valence-corrected chi connectivity index (χ0v) is 20.6. The maximum absolute atomic E-state index is 13.4. The van der Waals surface area contributed by atoms with Gasteiger partial charge in [-0.2, -0.15) is 0 Å². The third-order valence-electron chi connectivity index (χ3n) is 5.57. The third-order valence-corrected chi connectivity index (χ3v) is 6.82. The van der Waals surface area contributed by atoms with Crippen molar-refractivity contribution in [3.05, 3.63) is 125 Å². The van der Waals surface area contributed by atoms with Crippen molar-refractivity contribution in [1.29, 1.82) is 0 Å². The molecule has 0 bridgehead atoms. The fourth-order valence-corrected chi connectivity index (χ4v) is 4.82. The first kappa shape index (κ1) is 24.3. The highest BCUT2D eigenvalue weighted by Crippen LogP contribution is 2.37. The standard InChI is InChI=1S/C30H28N2O2S/c1-21-16-17-22(2)27(18-21)32-30(34)29(24-12-7-4-8-13-24)35-26-15-9-14-25(20-26)31-28(33)19-23-10-5-3-6-11-23/h3-18,20,29H,19H2,1-2H3,(H,31,33)(H,32,34). The van der Waals surface area contributed by atoms with Crippen LogP contribution in [0.15, 0.2) is 108 Å². The molecule has 1 atom stereocenters. The molecule has 2 amide bonds. The molecule has 0 aliphatic carbocycles. The van der Waals surface area contributed by atoms with Gasteiger partial charge in [0.05, 0.1) is 6.42 Å². The molecule has 4 aromatic carbocycles. The minimum atomic E-state index is -0.452. The van der Waals surface area contributed by atoms with Gasteiger partial charge in [0.25, 0.3) is 0 Å². The number of thioether (sulfide) groups is 1. The average Bonchev–Trinajstić information content (AvgIpc) is 2.86. The Morgan fingerprint density at radius 3 is 2.23 bits per heavy atom. The summed E-state index contributed by atoms with van der Waals surface area (Å²) in [4.78, 5) is 26.9.